The van der Waals surface area contributed by atoms with Gasteiger partial charge in [-0.05, 0) is 65.4 Å². The first-order valence-electron chi connectivity index (χ1n) is 8.07. The highest BCUT2D eigenvalue weighted by Gasteiger charge is 2.22. The monoisotopic (exact) mass is 290 g/mol. The molecule has 1 aliphatic rings. The average molecular weight is 290 g/mol. The van der Waals surface area contributed by atoms with Crippen molar-refractivity contribution in [3.63, 3.8) is 0 Å². The number of aliphatic hydroxyl groups excluding tert-OH is 1. The summed E-state index contributed by atoms with van der Waals surface area (Å²) in [5.74, 6) is 0.814. The van der Waals surface area contributed by atoms with Gasteiger partial charge >= 0.3 is 0 Å². The third kappa shape index (κ3) is 5.10. The van der Waals surface area contributed by atoms with E-state index in [2.05, 4.69) is 55.9 Å². The predicted octanol–water partition coefficient (Wildman–Crippen LogP) is 2.61. The lowest BCUT2D eigenvalue weighted by molar-refractivity contribution is 0.0846. The van der Waals surface area contributed by atoms with Crippen molar-refractivity contribution >= 4 is 0 Å². The maximum atomic E-state index is 10.5. The minimum atomic E-state index is -0.367. The van der Waals surface area contributed by atoms with Gasteiger partial charge in [-0.1, -0.05) is 29.3 Å². The Bertz CT molecular complexity index is 430. The van der Waals surface area contributed by atoms with Crippen LogP contribution in [0.5, 0.6) is 0 Å². The smallest absolute Gasteiger partial charge is 0.0917 e. The molecule has 118 valence electrons. The van der Waals surface area contributed by atoms with Crippen LogP contribution in [-0.2, 0) is 0 Å². The van der Waals surface area contributed by atoms with Gasteiger partial charge in [-0.2, -0.15) is 0 Å². The molecule has 1 aromatic carbocycles. The van der Waals surface area contributed by atoms with E-state index in [0.29, 0.717) is 0 Å². The number of piperidine rings is 1. The zero-order chi connectivity index (χ0) is 15.4. The molecule has 1 heterocycles. The van der Waals surface area contributed by atoms with Gasteiger partial charge in [0, 0.05) is 13.1 Å². The molecule has 1 aromatic rings. The van der Waals surface area contributed by atoms with Crippen LogP contribution < -0.4 is 0 Å². The van der Waals surface area contributed by atoms with Crippen LogP contribution in [0.1, 0.15) is 35.6 Å². The van der Waals surface area contributed by atoms with Crippen molar-refractivity contribution in [2.75, 3.05) is 40.3 Å². The van der Waals surface area contributed by atoms with Gasteiger partial charge in [0.1, 0.15) is 0 Å². The van der Waals surface area contributed by atoms with Crippen LogP contribution in [0.4, 0.5) is 0 Å². The summed E-state index contributed by atoms with van der Waals surface area (Å²) in [7, 11) is 4.30. The molecular formula is C18H30N2O. The van der Waals surface area contributed by atoms with Gasteiger partial charge in [-0.15, -0.1) is 0 Å². The largest absolute Gasteiger partial charge is 0.387 e. The molecule has 1 N–H and O–H groups in total. The Hall–Kier alpha value is -0.900. The SMILES string of the molecule is Cc1cc(C)cc(C(O)CN2CCC(CN(C)C)CC2)c1. The van der Waals surface area contributed by atoms with Crippen LogP contribution in [0.2, 0.25) is 0 Å². The van der Waals surface area contributed by atoms with Crippen molar-refractivity contribution < 1.29 is 5.11 Å². The highest BCUT2D eigenvalue weighted by Crippen LogP contribution is 2.22. The maximum Gasteiger partial charge on any atom is 0.0917 e. The van der Waals surface area contributed by atoms with E-state index < -0.39 is 0 Å². The molecule has 0 bridgehead atoms. The van der Waals surface area contributed by atoms with Crippen molar-refractivity contribution in [3.8, 4) is 0 Å². The molecule has 1 saturated heterocycles. The summed E-state index contributed by atoms with van der Waals surface area (Å²) in [6.07, 6.45) is 2.13. The maximum absolute atomic E-state index is 10.5. The number of benzene rings is 1. The standard InChI is InChI=1S/C18H30N2O/c1-14-9-15(2)11-17(10-14)18(21)13-20-7-5-16(6-8-20)12-19(3)4/h9-11,16,18,21H,5-8,12-13H2,1-4H3. The third-order valence-electron chi connectivity index (χ3n) is 4.39. The minimum absolute atomic E-state index is 0.367. The van der Waals surface area contributed by atoms with Gasteiger partial charge in [-0.25, -0.2) is 0 Å². The highest BCUT2D eigenvalue weighted by atomic mass is 16.3. The van der Waals surface area contributed by atoms with Gasteiger partial charge in [0.15, 0.2) is 0 Å². The Morgan fingerprint density at radius 3 is 2.24 bits per heavy atom. The molecule has 3 heteroatoms. The van der Waals surface area contributed by atoms with E-state index in [0.717, 1.165) is 31.1 Å². The topological polar surface area (TPSA) is 26.7 Å². The molecule has 3 nitrogen and oxygen atoms in total. The molecule has 0 spiro atoms. The van der Waals surface area contributed by atoms with Crippen molar-refractivity contribution in [1.29, 1.82) is 0 Å². The second kappa shape index (κ2) is 7.39. The highest BCUT2D eigenvalue weighted by molar-refractivity contribution is 5.30. The fourth-order valence-electron chi connectivity index (χ4n) is 3.42. The molecule has 1 aliphatic heterocycles. The minimum Gasteiger partial charge on any atom is -0.387 e. The molecule has 21 heavy (non-hydrogen) atoms. The Balaban J connectivity index is 1.85. The molecular weight excluding hydrogens is 260 g/mol. The summed E-state index contributed by atoms with van der Waals surface area (Å²) in [6, 6.07) is 6.37. The molecule has 0 amide bonds. The predicted molar refractivity (Wildman–Crippen MR) is 88.6 cm³/mol. The van der Waals surface area contributed by atoms with Gasteiger partial charge in [0.05, 0.1) is 6.10 Å². The lowest BCUT2D eigenvalue weighted by Crippen LogP contribution is -2.39. The molecule has 2 rings (SSSR count). The number of aliphatic hydroxyl groups is 1. The molecule has 0 saturated carbocycles. The van der Waals surface area contributed by atoms with Crippen molar-refractivity contribution in [2.24, 2.45) is 5.92 Å². The number of hydrogen-bond acceptors (Lipinski definition) is 3. The zero-order valence-corrected chi connectivity index (χ0v) is 14.0. The van der Waals surface area contributed by atoms with Crippen LogP contribution in [-0.4, -0.2) is 55.2 Å². The number of nitrogens with zero attached hydrogens (tertiary/aromatic N) is 2. The van der Waals surface area contributed by atoms with Crippen LogP contribution in [0.25, 0.3) is 0 Å². The molecule has 1 unspecified atom stereocenters. The van der Waals surface area contributed by atoms with Crippen LogP contribution in [0.15, 0.2) is 18.2 Å². The molecule has 1 fully saturated rings. The number of β-amino-alcohol motifs (C(OH)–C–C–N with tert-alkyl or cyclic N) is 1. The van der Waals surface area contributed by atoms with Crippen LogP contribution in [0.3, 0.4) is 0 Å². The Morgan fingerprint density at radius 2 is 1.71 bits per heavy atom. The van der Waals surface area contributed by atoms with Crippen LogP contribution >= 0.6 is 0 Å². The zero-order valence-electron chi connectivity index (χ0n) is 14.0. The summed E-state index contributed by atoms with van der Waals surface area (Å²) in [4.78, 5) is 4.69. The normalized spacial score (nSPS) is 19.1. The van der Waals surface area contributed by atoms with E-state index in [1.165, 1.54) is 30.5 Å². The fraction of sp³-hybridized carbons (Fsp3) is 0.667. The Labute approximate surface area is 129 Å². The van der Waals surface area contributed by atoms with Gasteiger partial charge in [0.25, 0.3) is 0 Å². The number of aryl methyl sites for hydroxylation is 2. The molecule has 0 radical (unpaired) electrons. The average Bonchev–Trinajstić information content (AvgIpc) is 2.39. The second-order valence-electron chi connectivity index (χ2n) is 6.94. The lowest BCUT2D eigenvalue weighted by atomic mass is 9.95. The van der Waals surface area contributed by atoms with E-state index in [1.807, 2.05) is 0 Å². The second-order valence-corrected chi connectivity index (χ2v) is 6.94. The summed E-state index contributed by atoms with van der Waals surface area (Å²) >= 11 is 0. The van der Waals surface area contributed by atoms with Crippen molar-refractivity contribution in [1.82, 2.24) is 9.80 Å². The molecule has 0 aromatic heterocycles. The summed E-state index contributed by atoms with van der Waals surface area (Å²) in [6.45, 7) is 8.36. The first kappa shape index (κ1) is 16.5. The van der Waals surface area contributed by atoms with Crippen molar-refractivity contribution in [2.45, 2.75) is 32.8 Å². The van der Waals surface area contributed by atoms with E-state index in [9.17, 15) is 5.11 Å². The number of rotatable bonds is 5. The van der Waals surface area contributed by atoms with Gasteiger partial charge < -0.3 is 14.9 Å². The van der Waals surface area contributed by atoms with Gasteiger partial charge in [0.2, 0.25) is 0 Å². The van der Waals surface area contributed by atoms with E-state index in [-0.39, 0.29) is 6.10 Å². The first-order chi connectivity index (χ1) is 9.94. The summed E-state index contributed by atoms with van der Waals surface area (Å²) in [5, 5.41) is 10.5. The van der Waals surface area contributed by atoms with Crippen LogP contribution in [0, 0.1) is 19.8 Å². The summed E-state index contributed by atoms with van der Waals surface area (Å²) in [5.41, 5.74) is 3.52. The quantitative estimate of drug-likeness (QED) is 0.903. The fourth-order valence-corrected chi connectivity index (χ4v) is 3.42. The first-order valence-corrected chi connectivity index (χ1v) is 8.07. The Morgan fingerprint density at radius 1 is 1.14 bits per heavy atom. The van der Waals surface area contributed by atoms with E-state index in [1.54, 1.807) is 0 Å². The summed E-state index contributed by atoms with van der Waals surface area (Å²) < 4.78 is 0. The van der Waals surface area contributed by atoms with Gasteiger partial charge in [-0.3, -0.25) is 0 Å². The molecule has 0 aliphatic carbocycles. The van der Waals surface area contributed by atoms with E-state index in [4.69, 9.17) is 0 Å². The number of hydrogen-bond donors (Lipinski definition) is 1. The van der Waals surface area contributed by atoms with E-state index >= 15 is 0 Å². The molecule has 1 atom stereocenters. The van der Waals surface area contributed by atoms with Crippen molar-refractivity contribution in [3.05, 3.63) is 34.9 Å². The number of likely N-dealkylation sites (tertiary alicyclic amines) is 1. The Kier molecular flexibility index (Phi) is 5.80. The lowest BCUT2D eigenvalue weighted by Gasteiger charge is -2.34. The third-order valence-corrected chi connectivity index (χ3v) is 4.39.